The van der Waals surface area contributed by atoms with Crippen LogP contribution in [-0.2, 0) is 11.2 Å². The molecule has 1 aromatic carbocycles. The Bertz CT molecular complexity index is 413. The van der Waals surface area contributed by atoms with E-state index in [1.54, 1.807) is 0 Å². The van der Waals surface area contributed by atoms with Crippen LogP contribution in [0.15, 0.2) is 30.3 Å². The van der Waals surface area contributed by atoms with E-state index in [9.17, 15) is 4.79 Å². The van der Waals surface area contributed by atoms with Gasteiger partial charge in [0.25, 0.3) is 0 Å². The number of nitrogens with one attached hydrogen (secondary N) is 1. The van der Waals surface area contributed by atoms with Crippen molar-refractivity contribution in [3.05, 3.63) is 35.9 Å². The second-order valence-electron chi connectivity index (χ2n) is 5.30. The molecule has 0 bridgehead atoms. The number of halogens is 2. The molecule has 0 spiro atoms. The number of rotatable bonds is 7. The summed E-state index contributed by atoms with van der Waals surface area (Å²) in [7, 11) is 2.10. The van der Waals surface area contributed by atoms with E-state index in [1.165, 1.54) is 12.8 Å². The van der Waals surface area contributed by atoms with Crippen molar-refractivity contribution in [2.45, 2.75) is 31.3 Å². The van der Waals surface area contributed by atoms with Gasteiger partial charge in [-0.1, -0.05) is 30.3 Å². The highest BCUT2D eigenvalue weighted by Gasteiger charge is 2.25. The summed E-state index contributed by atoms with van der Waals surface area (Å²) in [5.74, 6) is -0.0620. The predicted octanol–water partition coefficient (Wildman–Crippen LogP) is 1.61. The minimum atomic E-state index is -0.464. The monoisotopic (exact) mass is 333 g/mol. The molecule has 21 heavy (non-hydrogen) atoms. The molecular weight excluding hydrogens is 309 g/mol. The van der Waals surface area contributed by atoms with Crippen molar-refractivity contribution < 1.29 is 4.79 Å². The third-order valence-corrected chi connectivity index (χ3v) is 3.57. The van der Waals surface area contributed by atoms with Crippen LogP contribution in [0.3, 0.4) is 0 Å². The molecular formula is C15H25Cl2N3O. The van der Waals surface area contributed by atoms with Gasteiger partial charge in [0.2, 0.25) is 5.91 Å². The Morgan fingerprint density at radius 1 is 1.33 bits per heavy atom. The summed E-state index contributed by atoms with van der Waals surface area (Å²) in [4.78, 5) is 14.2. The third-order valence-electron chi connectivity index (χ3n) is 3.57. The minimum absolute atomic E-state index is 0. The molecule has 2 rings (SSSR count). The van der Waals surface area contributed by atoms with Crippen molar-refractivity contribution in [2.24, 2.45) is 5.73 Å². The van der Waals surface area contributed by atoms with Crippen molar-refractivity contribution >= 4 is 30.7 Å². The van der Waals surface area contributed by atoms with Gasteiger partial charge in [-0.25, -0.2) is 0 Å². The maximum Gasteiger partial charge on any atom is 0.237 e. The number of nitrogens with two attached hydrogens (primary N) is 1. The Balaban J connectivity index is 0.00000200. The molecule has 1 saturated carbocycles. The molecule has 6 heteroatoms. The summed E-state index contributed by atoms with van der Waals surface area (Å²) in [6, 6.07) is 10.1. The van der Waals surface area contributed by atoms with Gasteiger partial charge in [0.05, 0.1) is 6.04 Å². The molecule has 0 unspecified atom stereocenters. The molecule has 0 aromatic heterocycles. The molecule has 0 aliphatic heterocycles. The predicted molar refractivity (Wildman–Crippen MR) is 91.3 cm³/mol. The molecule has 1 aromatic rings. The first-order valence-corrected chi connectivity index (χ1v) is 6.94. The van der Waals surface area contributed by atoms with Crippen molar-refractivity contribution in [1.82, 2.24) is 10.2 Å². The summed E-state index contributed by atoms with van der Waals surface area (Å²) in [6.07, 6.45) is 3.17. The average Bonchev–Trinajstić information content (AvgIpc) is 3.24. The summed E-state index contributed by atoms with van der Waals surface area (Å²) in [5, 5.41) is 2.91. The summed E-state index contributed by atoms with van der Waals surface area (Å²) in [5.41, 5.74) is 7.01. The molecule has 3 N–H and O–H groups in total. The molecule has 0 heterocycles. The molecule has 4 nitrogen and oxygen atoms in total. The summed E-state index contributed by atoms with van der Waals surface area (Å²) >= 11 is 0. The topological polar surface area (TPSA) is 58.4 Å². The summed E-state index contributed by atoms with van der Waals surface area (Å²) in [6.45, 7) is 1.57. The fourth-order valence-corrected chi connectivity index (χ4v) is 2.15. The van der Waals surface area contributed by atoms with Crippen LogP contribution in [-0.4, -0.2) is 43.0 Å². The van der Waals surface area contributed by atoms with E-state index in [0.29, 0.717) is 13.0 Å². The van der Waals surface area contributed by atoms with Crippen molar-refractivity contribution in [1.29, 1.82) is 0 Å². The Kier molecular flexibility index (Phi) is 9.62. The molecule has 120 valence electrons. The summed E-state index contributed by atoms with van der Waals surface area (Å²) < 4.78 is 0. The number of amides is 1. The second-order valence-corrected chi connectivity index (χ2v) is 5.30. The number of carbonyl (C=O) groups is 1. The SMILES string of the molecule is CN(CCNC(=O)[C@@H](N)Cc1ccccc1)C1CC1.Cl.Cl. The zero-order valence-corrected chi connectivity index (χ0v) is 14.0. The van der Waals surface area contributed by atoms with E-state index in [1.807, 2.05) is 30.3 Å². The van der Waals surface area contributed by atoms with E-state index in [0.717, 1.165) is 18.2 Å². The molecule has 1 amide bonds. The average molecular weight is 334 g/mol. The lowest BCUT2D eigenvalue weighted by molar-refractivity contribution is -0.122. The Morgan fingerprint density at radius 3 is 2.52 bits per heavy atom. The lowest BCUT2D eigenvalue weighted by Crippen LogP contribution is -2.44. The smallest absolute Gasteiger partial charge is 0.237 e. The van der Waals surface area contributed by atoms with Gasteiger partial charge >= 0.3 is 0 Å². The van der Waals surface area contributed by atoms with Crippen LogP contribution in [0.1, 0.15) is 18.4 Å². The maximum absolute atomic E-state index is 11.9. The fraction of sp³-hybridized carbons (Fsp3) is 0.533. The van der Waals surface area contributed by atoms with Gasteiger partial charge < -0.3 is 16.0 Å². The number of hydrogen-bond acceptors (Lipinski definition) is 3. The number of nitrogens with zero attached hydrogens (tertiary/aromatic N) is 1. The first-order valence-electron chi connectivity index (χ1n) is 6.94. The fourth-order valence-electron chi connectivity index (χ4n) is 2.15. The molecule has 1 aliphatic carbocycles. The van der Waals surface area contributed by atoms with Crippen LogP contribution in [0.5, 0.6) is 0 Å². The zero-order chi connectivity index (χ0) is 13.7. The van der Waals surface area contributed by atoms with Gasteiger partial charge in [-0.05, 0) is 31.9 Å². The van der Waals surface area contributed by atoms with E-state index in [4.69, 9.17) is 5.73 Å². The highest BCUT2D eigenvalue weighted by Crippen LogP contribution is 2.24. The number of hydrogen-bond donors (Lipinski definition) is 2. The van der Waals surface area contributed by atoms with Crippen LogP contribution in [0.25, 0.3) is 0 Å². The van der Waals surface area contributed by atoms with Gasteiger partial charge in [0, 0.05) is 19.1 Å². The van der Waals surface area contributed by atoms with Gasteiger partial charge in [-0.15, -0.1) is 24.8 Å². The van der Waals surface area contributed by atoms with E-state index >= 15 is 0 Å². The standard InChI is InChI=1S/C15H23N3O.2ClH/c1-18(13-7-8-13)10-9-17-15(19)14(16)11-12-5-3-2-4-6-12;;/h2-6,13-14H,7-11,16H2,1H3,(H,17,19);2*1H/t14-;;/m0../s1. The minimum Gasteiger partial charge on any atom is -0.353 e. The Morgan fingerprint density at radius 2 is 1.95 bits per heavy atom. The van der Waals surface area contributed by atoms with Crippen LogP contribution in [0, 0.1) is 0 Å². The zero-order valence-electron chi connectivity index (χ0n) is 12.3. The van der Waals surface area contributed by atoms with Crippen LogP contribution < -0.4 is 11.1 Å². The third kappa shape index (κ3) is 7.14. The Labute approximate surface area is 139 Å². The number of benzene rings is 1. The van der Waals surface area contributed by atoms with Crippen molar-refractivity contribution in [2.75, 3.05) is 20.1 Å². The van der Waals surface area contributed by atoms with Gasteiger partial charge in [-0.2, -0.15) is 0 Å². The molecule has 1 fully saturated rings. The van der Waals surface area contributed by atoms with E-state index in [2.05, 4.69) is 17.3 Å². The van der Waals surface area contributed by atoms with Crippen LogP contribution in [0.4, 0.5) is 0 Å². The number of likely N-dealkylation sites (N-methyl/N-ethyl adjacent to an activating group) is 1. The molecule has 0 radical (unpaired) electrons. The van der Waals surface area contributed by atoms with Gasteiger partial charge in [0.15, 0.2) is 0 Å². The van der Waals surface area contributed by atoms with E-state index < -0.39 is 6.04 Å². The van der Waals surface area contributed by atoms with Crippen LogP contribution >= 0.6 is 24.8 Å². The van der Waals surface area contributed by atoms with Crippen LogP contribution in [0.2, 0.25) is 0 Å². The lowest BCUT2D eigenvalue weighted by Gasteiger charge is -2.17. The highest BCUT2D eigenvalue weighted by molar-refractivity contribution is 5.85. The largest absolute Gasteiger partial charge is 0.353 e. The van der Waals surface area contributed by atoms with Crippen molar-refractivity contribution in [3.63, 3.8) is 0 Å². The van der Waals surface area contributed by atoms with Gasteiger partial charge in [-0.3, -0.25) is 4.79 Å². The molecule has 1 atom stereocenters. The second kappa shape index (κ2) is 10.0. The highest BCUT2D eigenvalue weighted by atomic mass is 35.5. The first kappa shape index (κ1) is 20.2. The van der Waals surface area contributed by atoms with Crippen molar-refractivity contribution in [3.8, 4) is 0 Å². The lowest BCUT2D eigenvalue weighted by atomic mass is 10.1. The normalized spacial score (nSPS) is 14.8. The quantitative estimate of drug-likeness (QED) is 0.797. The molecule has 1 aliphatic rings. The number of carbonyl (C=O) groups excluding carboxylic acids is 1. The Hall–Kier alpha value is -0.810. The first-order chi connectivity index (χ1) is 9.16. The molecule has 0 saturated heterocycles. The van der Waals surface area contributed by atoms with Gasteiger partial charge in [0.1, 0.15) is 0 Å². The maximum atomic E-state index is 11.9. The van der Waals surface area contributed by atoms with E-state index in [-0.39, 0.29) is 30.7 Å².